The average Bonchev–Trinajstić information content (AvgIpc) is 3.17. The van der Waals surface area contributed by atoms with Gasteiger partial charge in [-0.2, -0.15) is 0 Å². The lowest BCUT2D eigenvalue weighted by molar-refractivity contribution is 0.0693. The summed E-state index contributed by atoms with van der Waals surface area (Å²) in [6, 6.07) is 19.3. The number of hydrogen-bond acceptors (Lipinski definition) is 5. The van der Waals surface area contributed by atoms with Gasteiger partial charge in [0.25, 0.3) is 11.5 Å². The van der Waals surface area contributed by atoms with Crippen LogP contribution in [0.15, 0.2) is 96.1 Å². The lowest BCUT2D eigenvalue weighted by atomic mass is 10.0. The van der Waals surface area contributed by atoms with Gasteiger partial charge in [0.15, 0.2) is 0 Å². The zero-order chi connectivity index (χ0) is 29.7. The molecular weight excluding hydrogens is 534 g/mol. The lowest BCUT2D eigenvalue weighted by Crippen LogP contribution is -2.23. The molecule has 0 radical (unpaired) electrons. The number of hydrogen-bond donors (Lipinski definition) is 3. The number of aromatic nitrogens is 3. The maximum Gasteiger partial charge on any atom is 0.339 e. The van der Waals surface area contributed by atoms with E-state index in [0.717, 1.165) is 23.9 Å². The minimum Gasteiger partial charge on any atom is -0.507 e. The highest BCUT2D eigenvalue weighted by Crippen LogP contribution is 2.28. The van der Waals surface area contributed by atoms with Gasteiger partial charge in [0.05, 0.1) is 16.9 Å². The molecule has 3 aromatic carbocycles. The second-order valence-electron chi connectivity index (χ2n) is 8.79. The summed E-state index contributed by atoms with van der Waals surface area (Å²) in [5.41, 5.74) is 1.80. The first-order valence-electron chi connectivity index (χ1n) is 12.2. The Bertz CT molecular complexity index is 1780. The van der Waals surface area contributed by atoms with E-state index in [4.69, 9.17) is 5.11 Å². The fourth-order valence-electron chi connectivity index (χ4n) is 3.99. The van der Waals surface area contributed by atoms with E-state index in [1.165, 1.54) is 23.0 Å². The molecule has 2 heterocycles. The first-order valence-corrected chi connectivity index (χ1v) is 12.2. The van der Waals surface area contributed by atoms with Crippen LogP contribution in [-0.4, -0.2) is 36.4 Å². The SMILES string of the molecule is Cc1c(NC(=O)c2cccnc2)c(=O)n(-c2ccccc2)n1C.O=C(O)c1cc(-c2ccc(F)cc2F)ccc1O. The van der Waals surface area contributed by atoms with Gasteiger partial charge in [-0.25, -0.2) is 18.3 Å². The van der Waals surface area contributed by atoms with Crippen molar-refractivity contribution in [3.63, 3.8) is 0 Å². The monoisotopic (exact) mass is 558 g/mol. The standard InChI is InChI=1S/C17H16N4O2.C13H8F2O3/c1-12-15(19-16(22)13-7-6-10-18-11-13)17(23)21(20(12)2)14-8-4-3-5-9-14;14-8-2-3-9(11(15)6-8)7-1-4-12(16)10(5-7)13(17)18/h3-11H,1-2H3,(H,19,22);1-6,16H,(H,17,18). The number of pyridine rings is 1. The van der Waals surface area contributed by atoms with Crippen LogP contribution in [0.25, 0.3) is 16.8 Å². The highest BCUT2D eigenvalue weighted by atomic mass is 19.1. The minimum absolute atomic E-state index is 0.0684. The number of carboxylic acids is 1. The number of halogens is 2. The van der Waals surface area contributed by atoms with E-state index in [9.17, 15) is 28.3 Å². The molecule has 5 aromatic rings. The molecule has 11 heteroatoms. The molecule has 0 aliphatic heterocycles. The zero-order valence-electron chi connectivity index (χ0n) is 21.9. The van der Waals surface area contributed by atoms with Crippen LogP contribution >= 0.6 is 0 Å². The third kappa shape index (κ3) is 6.19. The van der Waals surface area contributed by atoms with Crippen LogP contribution < -0.4 is 10.9 Å². The van der Waals surface area contributed by atoms with E-state index in [0.29, 0.717) is 17.3 Å². The number of carbonyl (C=O) groups excluding carboxylic acids is 1. The number of rotatable bonds is 5. The Morgan fingerprint density at radius 3 is 2.32 bits per heavy atom. The highest BCUT2D eigenvalue weighted by Gasteiger charge is 2.19. The second kappa shape index (κ2) is 12.1. The van der Waals surface area contributed by atoms with Gasteiger partial charge in [0.2, 0.25) is 0 Å². The van der Waals surface area contributed by atoms with E-state index in [-0.39, 0.29) is 33.8 Å². The fraction of sp³-hybridized carbons (Fsp3) is 0.0667. The number of aromatic hydroxyl groups is 1. The van der Waals surface area contributed by atoms with Crippen molar-refractivity contribution < 1.29 is 28.6 Å². The van der Waals surface area contributed by atoms with Gasteiger partial charge in [-0.1, -0.05) is 24.3 Å². The molecule has 2 aromatic heterocycles. The van der Waals surface area contributed by atoms with Crippen molar-refractivity contribution >= 4 is 17.6 Å². The Kier molecular flexibility index (Phi) is 8.37. The van der Waals surface area contributed by atoms with E-state index in [1.54, 1.807) is 37.0 Å². The number of amides is 1. The summed E-state index contributed by atoms with van der Waals surface area (Å²) in [5.74, 6) is -3.60. The summed E-state index contributed by atoms with van der Waals surface area (Å²) in [7, 11) is 1.78. The summed E-state index contributed by atoms with van der Waals surface area (Å²) >= 11 is 0. The lowest BCUT2D eigenvalue weighted by Gasteiger charge is -2.07. The highest BCUT2D eigenvalue weighted by molar-refractivity contribution is 6.04. The predicted octanol–water partition coefficient (Wildman–Crippen LogP) is 5.17. The van der Waals surface area contributed by atoms with Crippen molar-refractivity contribution in [1.82, 2.24) is 14.3 Å². The van der Waals surface area contributed by atoms with Crippen molar-refractivity contribution in [3.05, 3.63) is 130 Å². The molecule has 0 bridgehead atoms. The Balaban J connectivity index is 0.000000195. The molecule has 0 aliphatic rings. The molecule has 0 atom stereocenters. The van der Waals surface area contributed by atoms with E-state index in [1.807, 2.05) is 30.3 Å². The number of carbonyl (C=O) groups is 2. The summed E-state index contributed by atoms with van der Waals surface area (Å²) < 4.78 is 29.5. The first-order chi connectivity index (χ1) is 19.6. The summed E-state index contributed by atoms with van der Waals surface area (Å²) in [5, 5.41) is 20.9. The van der Waals surface area contributed by atoms with E-state index < -0.39 is 23.4 Å². The summed E-state index contributed by atoms with van der Waals surface area (Å²) in [4.78, 5) is 39.7. The molecule has 0 saturated carbocycles. The fourth-order valence-corrected chi connectivity index (χ4v) is 3.99. The predicted molar refractivity (Wildman–Crippen MR) is 148 cm³/mol. The Labute approximate surface area is 232 Å². The Morgan fingerprint density at radius 2 is 1.68 bits per heavy atom. The Hall–Kier alpha value is -5.58. The van der Waals surface area contributed by atoms with Gasteiger partial charge >= 0.3 is 5.97 Å². The van der Waals surface area contributed by atoms with Crippen LogP contribution in [0, 0.1) is 18.6 Å². The van der Waals surface area contributed by atoms with Gasteiger partial charge in [-0.05, 0) is 61.0 Å². The van der Waals surface area contributed by atoms with Crippen molar-refractivity contribution in [2.45, 2.75) is 6.92 Å². The molecule has 3 N–H and O–H groups in total. The van der Waals surface area contributed by atoms with Crippen LogP contribution in [0.2, 0.25) is 0 Å². The van der Waals surface area contributed by atoms with E-state index >= 15 is 0 Å². The van der Waals surface area contributed by atoms with Crippen LogP contribution in [0.1, 0.15) is 26.4 Å². The average molecular weight is 559 g/mol. The maximum absolute atomic E-state index is 13.5. The van der Waals surface area contributed by atoms with Crippen molar-refractivity contribution in [3.8, 4) is 22.6 Å². The van der Waals surface area contributed by atoms with Crippen molar-refractivity contribution in [1.29, 1.82) is 0 Å². The molecule has 1 amide bonds. The number of para-hydroxylation sites is 1. The first kappa shape index (κ1) is 28.4. The topological polar surface area (TPSA) is 126 Å². The molecule has 0 saturated heterocycles. The zero-order valence-corrected chi connectivity index (χ0v) is 21.9. The van der Waals surface area contributed by atoms with Crippen LogP contribution in [0.3, 0.4) is 0 Å². The number of carboxylic acid groups (broad SMARTS) is 1. The smallest absolute Gasteiger partial charge is 0.339 e. The van der Waals surface area contributed by atoms with Crippen molar-refractivity contribution in [2.24, 2.45) is 7.05 Å². The number of phenols is 1. The molecule has 41 heavy (non-hydrogen) atoms. The molecule has 9 nitrogen and oxygen atoms in total. The third-order valence-electron chi connectivity index (χ3n) is 6.19. The maximum atomic E-state index is 13.5. The normalized spacial score (nSPS) is 10.4. The van der Waals surface area contributed by atoms with Gasteiger partial charge in [-0.15, -0.1) is 0 Å². The quantitative estimate of drug-likeness (QED) is 0.273. The number of nitrogens with zero attached hydrogens (tertiary/aromatic N) is 3. The van der Waals surface area contributed by atoms with Gasteiger partial charge in [0, 0.05) is 31.1 Å². The van der Waals surface area contributed by atoms with Gasteiger partial charge in [0.1, 0.15) is 28.6 Å². The van der Waals surface area contributed by atoms with Gasteiger partial charge < -0.3 is 15.5 Å². The van der Waals surface area contributed by atoms with Gasteiger partial charge in [-0.3, -0.25) is 19.3 Å². The number of nitrogens with one attached hydrogen (secondary N) is 1. The van der Waals surface area contributed by atoms with Crippen LogP contribution in [0.4, 0.5) is 14.5 Å². The van der Waals surface area contributed by atoms with Crippen LogP contribution in [0.5, 0.6) is 5.75 Å². The molecule has 5 rings (SSSR count). The number of aromatic carboxylic acids is 1. The third-order valence-corrected chi connectivity index (χ3v) is 6.19. The minimum atomic E-state index is -1.32. The number of benzene rings is 3. The molecule has 208 valence electrons. The summed E-state index contributed by atoms with van der Waals surface area (Å²) in [6.45, 7) is 1.79. The summed E-state index contributed by atoms with van der Waals surface area (Å²) in [6.07, 6.45) is 3.05. The largest absolute Gasteiger partial charge is 0.507 e. The van der Waals surface area contributed by atoms with Crippen LogP contribution in [-0.2, 0) is 7.05 Å². The molecule has 0 spiro atoms. The molecule has 0 aliphatic carbocycles. The molecular formula is C30H24F2N4O5. The van der Waals surface area contributed by atoms with E-state index in [2.05, 4.69) is 10.3 Å². The number of anilines is 1. The second-order valence-corrected chi connectivity index (χ2v) is 8.79. The van der Waals surface area contributed by atoms with Crippen molar-refractivity contribution in [2.75, 3.05) is 5.32 Å². The Morgan fingerprint density at radius 1 is 0.951 bits per heavy atom. The molecule has 0 fully saturated rings. The molecule has 0 unspecified atom stereocenters.